The summed E-state index contributed by atoms with van der Waals surface area (Å²) in [5, 5.41) is 6.13. The molecule has 0 radical (unpaired) electrons. The fourth-order valence-corrected chi connectivity index (χ4v) is 2.67. The zero-order valence-corrected chi connectivity index (χ0v) is 12.9. The number of hydrogen-bond donors (Lipinski definition) is 0. The molecule has 2 saturated heterocycles. The molecule has 1 atom stereocenters. The first kappa shape index (κ1) is 15.3. The number of hydrazone groups is 1. The molecule has 7 heteroatoms. The molecule has 2 aliphatic heterocycles. The van der Waals surface area contributed by atoms with E-state index < -0.39 is 6.09 Å². The van der Waals surface area contributed by atoms with Gasteiger partial charge in [0.25, 0.3) is 0 Å². The van der Waals surface area contributed by atoms with E-state index in [1.54, 1.807) is 12.3 Å². The third kappa shape index (κ3) is 3.76. The first-order chi connectivity index (χ1) is 10.7. The quantitative estimate of drug-likeness (QED) is 0.793. The Morgan fingerprint density at radius 1 is 1.32 bits per heavy atom. The van der Waals surface area contributed by atoms with E-state index in [1.807, 2.05) is 18.2 Å². The van der Waals surface area contributed by atoms with Crippen molar-refractivity contribution in [3.63, 3.8) is 0 Å². The van der Waals surface area contributed by atoms with Crippen LogP contribution in [0.2, 0.25) is 5.02 Å². The number of carbonyl (C=O) groups is 1. The highest BCUT2D eigenvalue weighted by Gasteiger charge is 2.32. The predicted molar refractivity (Wildman–Crippen MR) is 83.3 cm³/mol. The largest absolute Gasteiger partial charge is 0.441 e. The van der Waals surface area contributed by atoms with Crippen molar-refractivity contribution in [2.45, 2.75) is 6.10 Å². The topological polar surface area (TPSA) is 54.4 Å². The average Bonchev–Trinajstić information content (AvgIpc) is 2.87. The summed E-state index contributed by atoms with van der Waals surface area (Å²) in [5.74, 6) is 0. The molecule has 0 aliphatic carbocycles. The second-order valence-corrected chi connectivity index (χ2v) is 5.67. The highest BCUT2D eigenvalue weighted by molar-refractivity contribution is 6.33. The van der Waals surface area contributed by atoms with Crippen molar-refractivity contribution in [1.82, 2.24) is 9.91 Å². The van der Waals surface area contributed by atoms with Crippen LogP contribution in [0, 0.1) is 0 Å². The molecule has 1 unspecified atom stereocenters. The second-order valence-electron chi connectivity index (χ2n) is 5.27. The van der Waals surface area contributed by atoms with E-state index in [0.717, 1.165) is 31.9 Å². The number of nitrogens with zero attached hydrogens (tertiary/aromatic N) is 3. The van der Waals surface area contributed by atoms with Gasteiger partial charge in [0, 0.05) is 30.2 Å². The summed E-state index contributed by atoms with van der Waals surface area (Å²) >= 11 is 6.06. The molecule has 3 rings (SSSR count). The number of cyclic esters (lactones) is 1. The summed E-state index contributed by atoms with van der Waals surface area (Å²) in [6, 6.07) is 7.35. The van der Waals surface area contributed by atoms with E-state index in [-0.39, 0.29) is 6.10 Å². The van der Waals surface area contributed by atoms with Crippen LogP contribution in [0.3, 0.4) is 0 Å². The van der Waals surface area contributed by atoms with Crippen molar-refractivity contribution in [3.05, 3.63) is 34.9 Å². The maximum atomic E-state index is 11.8. The zero-order chi connectivity index (χ0) is 15.4. The van der Waals surface area contributed by atoms with Gasteiger partial charge in [-0.05, 0) is 6.07 Å². The van der Waals surface area contributed by atoms with Gasteiger partial charge in [-0.2, -0.15) is 10.1 Å². The highest BCUT2D eigenvalue weighted by atomic mass is 35.5. The van der Waals surface area contributed by atoms with Gasteiger partial charge in [-0.25, -0.2) is 4.79 Å². The molecule has 1 amide bonds. The molecular formula is C15H18ClN3O3. The Balaban J connectivity index is 1.56. The van der Waals surface area contributed by atoms with Crippen LogP contribution >= 0.6 is 11.6 Å². The van der Waals surface area contributed by atoms with Crippen molar-refractivity contribution >= 4 is 23.9 Å². The van der Waals surface area contributed by atoms with Crippen molar-refractivity contribution in [2.24, 2.45) is 5.10 Å². The van der Waals surface area contributed by atoms with Gasteiger partial charge in [0.15, 0.2) is 0 Å². The zero-order valence-electron chi connectivity index (χ0n) is 12.2. The van der Waals surface area contributed by atoms with Crippen LogP contribution in [-0.2, 0) is 9.47 Å². The summed E-state index contributed by atoms with van der Waals surface area (Å²) < 4.78 is 10.7. The Hall–Kier alpha value is -1.63. The lowest BCUT2D eigenvalue weighted by atomic mass is 10.2. The molecule has 118 valence electrons. The minimum Gasteiger partial charge on any atom is -0.441 e. The Bertz CT molecular complexity index is 561. The van der Waals surface area contributed by atoms with Crippen LogP contribution in [0.1, 0.15) is 5.56 Å². The van der Waals surface area contributed by atoms with Gasteiger partial charge in [-0.3, -0.25) is 4.90 Å². The van der Waals surface area contributed by atoms with E-state index in [4.69, 9.17) is 21.1 Å². The van der Waals surface area contributed by atoms with Crippen LogP contribution in [0.5, 0.6) is 0 Å². The predicted octanol–water partition coefficient (Wildman–Crippen LogP) is 1.83. The normalized spacial score (nSPS) is 23.2. The summed E-state index contributed by atoms with van der Waals surface area (Å²) in [6.07, 6.45) is 1.01. The molecule has 0 bridgehead atoms. The van der Waals surface area contributed by atoms with E-state index >= 15 is 0 Å². The van der Waals surface area contributed by atoms with E-state index in [0.29, 0.717) is 18.1 Å². The van der Waals surface area contributed by atoms with Gasteiger partial charge < -0.3 is 9.47 Å². The summed E-state index contributed by atoms with van der Waals surface area (Å²) in [4.78, 5) is 14.1. The monoisotopic (exact) mass is 323 g/mol. The molecule has 2 fully saturated rings. The Morgan fingerprint density at radius 2 is 2.09 bits per heavy atom. The number of hydrogen-bond acceptors (Lipinski definition) is 5. The van der Waals surface area contributed by atoms with Gasteiger partial charge in [0.2, 0.25) is 0 Å². The molecule has 0 aromatic heterocycles. The minimum absolute atomic E-state index is 0.158. The van der Waals surface area contributed by atoms with Gasteiger partial charge >= 0.3 is 6.09 Å². The standard InChI is InChI=1S/C15H18ClN3O3/c16-14-4-2-1-3-12(14)9-17-19-11-13(22-15(19)20)10-18-5-7-21-8-6-18/h1-4,9,13H,5-8,10-11H2/b17-9+. The molecule has 0 saturated carbocycles. The van der Waals surface area contributed by atoms with Gasteiger partial charge in [0.05, 0.1) is 26.0 Å². The molecule has 1 aromatic carbocycles. The molecule has 0 N–H and O–H groups in total. The lowest BCUT2D eigenvalue weighted by Crippen LogP contribution is -2.41. The lowest BCUT2D eigenvalue weighted by Gasteiger charge is -2.27. The fraction of sp³-hybridized carbons (Fsp3) is 0.467. The minimum atomic E-state index is -0.415. The van der Waals surface area contributed by atoms with Crippen molar-refractivity contribution in [2.75, 3.05) is 39.4 Å². The van der Waals surface area contributed by atoms with E-state index in [1.165, 1.54) is 5.01 Å². The maximum Gasteiger partial charge on any atom is 0.430 e. The summed E-state index contributed by atoms with van der Waals surface area (Å²) in [6.45, 7) is 4.38. The first-order valence-corrected chi connectivity index (χ1v) is 7.67. The number of carbonyl (C=O) groups excluding carboxylic acids is 1. The summed E-state index contributed by atoms with van der Waals surface area (Å²) in [7, 11) is 0. The Labute approximate surface area is 134 Å². The van der Waals surface area contributed by atoms with Gasteiger partial charge in [0.1, 0.15) is 6.10 Å². The SMILES string of the molecule is O=C1OC(CN2CCOCC2)CN1/N=C/c1ccccc1Cl. The van der Waals surface area contributed by atoms with E-state index in [2.05, 4.69) is 10.0 Å². The number of benzene rings is 1. The number of halogens is 1. The third-order valence-corrected chi connectivity index (χ3v) is 4.01. The highest BCUT2D eigenvalue weighted by Crippen LogP contribution is 2.16. The van der Waals surface area contributed by atoms with Crippen molar-refractivity contribution < 1.29 is 14.3 Å². The maximum absolute atomic E-state index is 11.8. The van der Waals surface area contributed by atoms with Crippen molar-refractivity contribution in [1.29, 1.82) is 0 Å². The van der Waals surface area contributed by atoms with Crippen LogP contribution in [0.4, 0.5) is 4.79 Å². The molecule has 1 aromatic rings. The molecule has 2 aliphatic rings. The van der Waals surface area contributed by atoms with E-state index in [9.17, 15) is 4.79 Å². The van der Waals surface area contributed by atoms with Crippen LogP contribution in [-0.4, -0.2) is 67.7 Å². The first-order valence-electron chi connectivity index (χ1n) is 7.29. The number of ether oxygens (including phenoxy) is 2. The molecular weight excluding hydrogens is 306 g/mol. The smallest absolute Gasteiger partial charge is 0.430 e. The molecule has 0 spiro atoms. The number of amides is 1. The average molecular weight is 324 g/mol. The molecule has 6 nitrogen and oxygen atoms in total. The molecule has 22 heavy (non-hydrogen) atoms. The van der Waals surface area contributed by atoms with Crippen LogP contribution < -0.4 is 0 Å². The van der Waals surface area contributed by atoms with Gasteiger partial charge in [-0.15, -0.1) is 0 Å². The Kier molecular flexibility index (Phi) is 4.92. The molecule has 2 heterocycles. The van der Waals surface area contributed by atoms with Crippen molar-refractivity contribution in [3.8, 4) is 0 Å². The number of rotatable bonds is 4. The fourth-order valence-electron chi connectivity index (χ4n) is 2.48. The summed E-state index contributed by atoms with van der Waals surface area (Å²) in [5.41, 5.74) is 0.772. The van der Waals surface area contributed by atoms with Crippen LogP contribution in [0.25, 0.3) is 0 Å². The second kappa shape index (κ2) is 7.09. The number of morpholine rings is 1. The van der Waals surface area contributed by atoms with Crippen LogP contribution in [0.15, 0.2) is 29.4 Å². The third-order valence-electron chi connectivity index (χ3n) is 3.66. The Morgan fingerprint density at radius 3 is 2.86 bits per heavy atom. The lowest BCUT2D eigenvalue weighted by molar-refractivity contribution is 0.0188. The van der Waals surface area contributed by atoms with Gasteiger partial charge in [-0.1, -0.05) is 29.8 Å².